The summed E-state index contributed by atoms with van der Waals surface area (Å²) in [7, 11) is 0. The van der Waals surface area contributed by atoms with Gasteiger partial charge in [0.15, 0.2) is 0 Å². The molecular weight excluding hydrogens is 230 g/mol. The van der Waals surface area contributed by atoms with E-state index in [4.69, 9.17) is 5.73 Å². The third kappa shape index (κ3) is 2.01. The monoisotopic (exact) mass is 243 g/mol. The zero-order valence-corrected chi connectivity index (χ0v) is 10.2. The molecule has 0 saturated heterocycles. The molecule has 0 atom stereocenters. The van der Waals surface area contributed by atoms with Gasteiger partial charge in [-0.1, -0.05) is 12.1 Å². The van der Waals surface area contributed by atoms with E-state index in [2.05, 4.69) is 22.1 Å². The van der Waals surface area contributed by atoms with Crippen LogP contribution in [0.2, 0.25) is 0 Å². The number of aromatic nitrogens is 2. The molecule has 1 aliphatic rings. The van der Waals surface area contributed by atoms with E-state index in [-0.39, 0.29) is 0 Å². The summed E-state index contributed by atoms with van der Waals surface area (Å²) in [4.78, 5) is 9.94. The van der Waals surface area contributed by atoms with Crippen LogP contribution in [0.1, 0.15) is 21.1 Å². The van der Waals surface area contributed by atoms with Crippen LogP contribution in [0.4, 0.5) is 0 Å². The number of rotatable bonds is 3. The Morgan fingerprint density at radius 1 is 1.35 bits per heavy atom. The quantitative estimate of drug-likeness (QED) is 0.899. The van der Waals surface area contributed by atoms with Gasteiger partial charge in [-0.3, -0.25) is 4.98 Å². The van der Waals surface area contributed by atoms with Gasteiger partial charge in [-0.2, -0.15) is 0 Å². The van der Waals surface area contributed by atoms with E-state index in [9.17, 15) is 0 Å². The average molecular weight is 243 g/mol. The third-order valence-corrected chi connectivity index (χ3v) is 3.94. The summed E-state index contributed by atoms with van der Waals surface area (Å²) in [5.74, 6) is 0. The van der Waals surface area contributed by atoms with Crippen LogP contribution in [-0.2, 0) is 19.4 Å². The summed E-state index contributed by atoms with van der Waals surface area (Å²) in [6.07, 6.45) is 7.95. The van der Waals surface area contributed by atoms with E-state index < -0.39 is 0 Å². The van der Waals surface area contributed by atoms with E-state index in [0.29, 0.717) is 6.54 Å². The Balaban J connectivity index is 1.83. The minimum atomic E-state index is 0.530. The number of fused-ring (bicyclic) bond motifs is 1. The molecule has 0 amide bonds. The predicted octanol–water partition coefficient (Wildman–Crippen LogP) is 2.18. The Morgan fingerprint density at radius 3 is 3.12 bits per heavy atom. The Bertz CT molecular complexity index is 572. The lowest BCUT2D eigenvalue weighted by atomic mass is 10.1. The lowest BCUT2D eigenvalue weighted by Gasteiger charge is -2.02. The lowest BCUT2D eigenvalue weighted by molar-refractivity contribution is 1.04. The van der Waals surface area contributed by atoms with E-state index in [0.717, 1.165) is 17.8 Å². The van der Waals surface area contributed by atoms with Gasteiger partial charge in [-0.15, -0.1) is 11.3 Å². The molecule has 0 saturated carbocycles. The lowest BCUT2D eigenvalue weighted by Crippen LogP contribution is -1.93. The molecule has 17 heavy (non-hydrogen) atoms. The normalized spacial score (nSPS) is 13.6. The maximum Gasteiger partial charge on any atom is 0.106 e. The van der Waals surface area contributed by atoms with Crippen molar-refractivity contribution in [3.8, 4) is 0 Å². The predicted molar refractivity (Wildman–Crippen MR) is 69.6 cm³/mol. The van der Waals surface area contributed by atoms with Crippen molar-refractivity contribution in [3.05, 3.63) is 51.7 Å². The molecule has 86 valence electrons. The molecule has 0 spiro atoms. The number of nitrogens with zero attached hydrogens (tertiary/aromatic N) is 2. The highest BCUT2D eigenvalue weighted by Crippen LogP contribution is 2.29. The molecule has 0 bridgehead atoms. The Morgan fingerprint density at radius 2 is 2.29 bits per heavy atom. The SMILES string of the molecule is NCc1ncc(CC2=CCc3ncccc32)s1. The summed E-state index contributed by atoms with van der Waals surface area (Å²) in [5.41, 5.74) is 9.41. The van der Waals surface area contributed by atoms with Crippen LogP contribution in [0.15, 0.2) is 30.6 Å². The molecule has 0 radical (unpaired) electrons. The van der Waals surface area contributed by atoms with Crippen molar-refractivity contribution in [2.75, 3.05) is 0 Å². The molecule has 2 N–H and O–H groups in total. The van der Waals surface area contributed by atoms with Crippen LogP contribution in [0.5, 0.6) is 0 Å². The fourth-order valence-electron chi connectivity index (χ4n) is 2.10. The summed E-state index contributed by atoms with van der Waals surface area (Å²) < 4.78 is 0. The summed E-state index contributed by atoms with van der Waals surface area (Å²) in [5, 5.41) is 1.00. The van der Waals surface area contributed by atoms with Gasteiger partial charge in [0.2, 0.25) is 0 Å². The number of hydrogen-bond donors (Lipinski definition) is 1. The summed E-state index contributed by atoms with van der Waals surface area (Å²) in [6.45, 7) is 0.530. The zero-order valence-electron chi connectivity index (χ0n) is 9.39. The second-order valence-corrected chi connectivity index (χ2v) is 5.23. The van der Waals surface area contributed by atoms with Crippen molar-refractivity contribution in [2.24, 2.45) is 5.73 Å². The fourth-order valence-corrected chi connectivity index (χ4v) is 2.93. The van der Waals surface area contributed by atoms with E-state index in [1.807, 2.05) is 18.5 Å². The van der Waals surface area contributed by atoms with E-state index in [1.54, 1.807) is 11.3 Å². The number of hydrogen-bond acceptors (Lipinski definition) is 4. The minimum absolute atomic E-state index is 0.530. The first-order valence-corrected chi connectivity index (χ1v) is 6.45. The molecule has 0 fully saturated rings. The first kappa shape index (κ1) is 10.6. The van der Waals surface area contributed by atoms with Crippen LogP contribution < -0.4 is 5.73 Å². The second kappa shape index (κ2) is 4.39. The van der Waals surface area contributed by atoms with Crippen molar-refractivity contribution in [3.63, 3.8) is 0 Å². The molecule has 0 unspecified atom stereocenters. The van der Waals surface area contributed by atoms with Crippen LogP contribution in [-0.4, -0.2) is 9.97 Å². The first-order valence-electron chi connectivity index (χ1n) is 5.64. The smallest absolute Gasteiger partial charge is 0.106 e. The topological polar surface area (TPSA) is 51.8 Å². The highest BCUT2D eigenvalue weighted by Gasteiger charge is 2.15. The maximum absolute atomic E-state index is 5.57. The van der Waals surface area contributed by atoms with Crippen molar-refractivity contribution in [1.29, 1.82) is 0 Å². The fraction of sp³-hybridized carbons (Fsp3) is 0.231. The van der Waals surface area contributed by atoms with Crippen molar-refractivity contribution in [1.82, 2.24) is 9.97 Å². The second-order valence-electron chi connectivity index (χ2n) is 4.03. The van der Waals surface area contributed by atoms with Gasteiger partial charge in [0.05, 0.1) is 5.69 Å². The minimum Gasteiger partial charge on any atom is -0.325 e. The molecule has 3 nitrogen and oxygen atoms in total. The van der Waals surface area contributed by atoms with Crippen molar-refractivity contribution >= 4 is 16.9 Å². The number of thiazole rings is 1. The van der Waals surface area contributed by atoms with Gasteiger partial charge < -0.3 is 5.73 Å². The molecule has 0 aliphatic heterocycles. The Hall–Kier alpha value is -1.52. The average Bonchev–Trinajstić information content (AvgIpc) is 2.97. The van der Waals surface area contributed by atoms with Gasteiger partial charge in [-0.05, 0) is 17.2 Å². The Kier molecular flexibility index (Phi) is 2.74. The molecule has 2 aromatic heterocycles. The maximum atomic E-state index is 5.57. The number of nitrogens with two attached hydrogens (primary N) is 1. The van der Waals surface area contributed by atoms with Crippen LogP contribution in [0.25, 0.3) is 5.57 Å². The summed E-state index contributed by atoms with van der Waals surface area (Å²) in [6, 6.07) is 4.14. The van der Waals surface area contributed by atoms with Gasteiger partial charge in [0.25, 0.3) is 0 Å². The first-order chi connectivity index (χ1) is 8.36. The Labute approximate surface area is 104 Å². The molecule has 1 aliphatic carbocycles. The van der Waals surface area contributed by atoms with Crippen LogP contribution in [0, 0.1) is 0 Å². The zero-order chi connectivity index (χ0) is 11.7. The molecule has 2 aromatic rings. The third-order valence-electron chi connectivity index (χ3n) is 2.92. The summed E-state index contributed by atoms with van der Waals surface area (Å²) >= 11 is 1.70. The van der Waals surface area contributed by atoms with Crippen LogP contribution >= 0.6 is 11.3 Å². The number of pyridine rings is 1. The van der Waals surface area contributed by atoms with Gasteiger partial charge in [-0.25, -0.2) is 4.98 Å². The highest BCUT2D eigenvalue weighted by atomic mass is 32.1. The van der Waals surface area contributed by atoms with Gasteiger partial charge in [0, 0.05) is 36.7 Å². The number of allylic oxidation sites excluding steroid dienone is 2. The highest BCUT2D eigenvalue weighted by molar-refractivity contribution is 7.11. The van der Waals surface area contributed by atoms with E-state index >= 15 is 0 Å². The molecule has 4 heteroatoms. The van der Waals surface area contributed by atoms with E-state index in [1.165, 1.54) is 21.7 Å². The largest absolute Gasteiger partial charge is 0.325 e. The van der Waals surface area contributed by atoms with Gasteiger partial charge in [0.1, 0.15) is 5.01 Å². The molecule has 0 aromatic carbocycles. The van der Waals surface area contributed by atoms with Gasteiger partial charge >= 0.3 is 0 Å². The molecule has 3 rings (SSSR count). The standard InChI is InChI=1S/C13H13N3S/c14-7-13-16-8-10(17-13)6-9-3-4-12-11(9)2-1-5-15-12/h1-3,5,8H,4,6-7,14H2. The van der Waals surface area contributed by atoms with Crippen LogP contribution in [0.3, 0.4) is 0 Å². The molecular formula is C13H13N3S. The van der Waals surface area contributed by atoms with Crippen molar-refractivity contribution < 1.29 is 0 Å². The molecule has 2 heterocycles. The van der Waals surface area contributed by atoms with Crippen molar-refractivity contribution in [2.45, 2.75) is 19.4 Å².